The third-order valence-electron chi connectivity index (χ3n) is 5.57. The summed E-state index contributed by atoms with van der Waals surface area (Å²) in [6, 6.07) is 20.4. The molecule has 0 saturated heterocycles. The van der Waals surface area contributed by atoms with Crippen molar-refractivity contribution in [3.8, 4) is 5.69 Å². The minimum atomic E-state index is -0.432. The number of benzene rings is 2. The number of nitrogens with one attached hydrogen (secondary N) is 1. The second-order valence-corrected chi connectivity index (χ2v) is 7.64. The van der Waals surface area contributed by atoms with E-state index in [2.05, 4.69) is 10.3 Å². The van der Waals surface area contributed by atoms with Crippen molar-refractivity contribution >= 4 is 28.4 Å². The molecule has 2 aromatic heterocycles. The molecule has 1 saturated carbocycles. The number of aromatic nitrogens is 2. The molecule has 1 aliphatic carbocycles. The topological polar surface area (TPSA) is 73.2 Å². The number of ether oxygens (including phenoxy) is 1. The number of anilines is 2. The summed E-state index contributed by atoms with van der Waals surface area (Å²) in [5, 5.41) is 4.13. The van der Waals surface area contributed by atoms with Gasteiger partial charge in [0.2, 0.25) is 0 Å². The molecule has 5 rings (SSSR count). The lowest BCUT2D eigenvalue weighted by Gasteiger charge is -2.15. The molecule has 0 aliphatic heterocycles. The van der Waals surface area contributed by atoms with Crippen LogP contribution in [0.2, 0.25) is 0 Å². The van der Waals surface area contributed by atoms with E-state index in [9.17, 15) is 9.59 Å². The first-order valence-corrected chi connectivity index (χ1v) is 10.2. The van der Waals surface area contributed by atoms with Crippen LogP contribution in [-0.2, 0) is 4.74 Å². The highest BCUT2D eigenvalue weighted by Crippen LogP contribution is 2.41. The van der Waals surface area contributed by atoms with Crippen molar-refractivity contribution in [3.63, 3.8) is 0 Å². The Bertz CT molecular complexity index is 1340. The Labute approximate surface area is 179 Å². The number of esters is 1. The van der Waals surface area contributed by atoms with E-state index in [0.29, 0.717) is 17.3 Å². The summed E-state index contributed by atoms with van der Waals surface area (Å²) >= 11 is 0. The van der Waals surface area contributed by atoms with Gasteiger partial charge in [-0.1, -0.05) is 24.3 Å². The van der Waals surface area contributed by atoms with Gasteiger partial charge in [0.05, 0.1) is 12.6 Å². The molecule has 154 valence electrons. The first kappa shape index (κ1) is 19.1. The Kier molecular flexibility index (Phi) is 4.75. The highest BCUT2D eigenvalue weighted by atomic mass is 16.5. The molecular weight excluding hydrogens is 390 g/mol. The number of fused-ring (bicyclic) bond motifs is 1. The fourth-order valence-corrected chi connectivity index (χ4v) is 3.84. The van der Waals surface area contributed by atoms with Crippen LogP contribution in [0, 0.1) is 0 Å². The largest absolute Gasteiger partial charge is 0.465 e. The molecule has 2 heterocycles. The highest BCUT2D eigenvalue weighted by molar-refractivity contribution is 5.99. The monoisotopic (exact) mass is 411 g/mol. The number of hydrogen-bond acceptors (Lipinski definition) is 5. The van der Waals surface area contributed by atoms with E-state index in [1.54, 1.807) is 16.7 Å². The number of pyridine rings is 2. The van der Waals surface area contributed by atoms with E-state index in [4.69, 9.17) is 4.74 Å². The van der Waals surface area contributed by atoms with Gasteiger partial charge in [-0.15, -0.1) is 0 Å². The lowest BCUT2D eigenvalue weighted by molar-refractivity contribution is 0.0601. The van der Waals surface area contributed by atoms with E-state index in [-0.39, 0.29) is 5.56 Å². The van der Waals surface area contributed by atoms with Crippen LogP contribution in [0.25, 0.3) is 16.6 Å². The minimum absolute atomic E-state index is 0.113. The third-order valence-corrected chi connectivity index (χ3v) is 5.57. The minimum Gasteiger partial charge on any atom is -0.465 e. The third kappa shape index (κ3) is 3.57. The van der Waals surface area contributed by atoms with Gasteiger partial charge in [-0.2, -0.15) is 0 Å². The lowest BCUT2D eigenvalue weighted by Crippen LogP contribution is -2.17. The average molecular weight is 411 g/mol. The van der Waals surface area contributed by atoms with Crippen LogP contribution in [0.15, 0.2) is 77.7 Å². The average Bonchev–Trinajstić information content (AvgIpc) is 3.65. The second kappa shape index (κ2) is 7.72. The summed E-state index contributed by atoms with van der Waals surface area (Å²) in [5.74, 6) is 0.475. The van der Waals surface area contributed by atoms with E-state index in [1.165, 1.54) is 7.11 Å². The molecule has 0 bridgehead atoms. The second-order valence-electron chi connectivity index (χ2n) is 7.64. The van der Waals surface area contributed by atoms with Crippen LogP contribution < -0.4 is 10.9 Å². The maximum Gasteiger partial charge on any atom is 0.341 e. The van der Waals surface area contributed by atoms with E-state index >= 15 is 0 Å². The number of hydrogen-bond donors (Lipinski definition) is 1. The van der Waals surface area contributed by atoms with Crippen molar-refractivity contribution in [1.29, 1.82) is 0 Å². The zero-order valence-corrected chi connectivity index (χ0v) is 17.0. The van der Waals surface area contributed by atoms with Gasteiger partial charge in [-0.05, 0) is 60.7 Å². The van der Waals surface area contributed by atoms with Gasteiger partial charge in [0.1, 0.15) is 11.4 Å². The molecule has 31 heavy (non-hydrogen) atoms. The van der Waals surface area contributed by atoms with Gasteiger partial charge in [0.25, 0.3) is 5.56 Å². The molecule has 0 unspecified atom stereocenters. The van der Waals surface area contributed by atoms with Crippen LogP contribution in [0.3, 0.4) is 0 Å². The number of nitrogens with zero attached hydrogens (tertiary/aromatic N) is 2. The van der Waals surface area contributed by atoms with E-state index < -0.39 is 5.97 Å². The number of carbonyl (C=O) groups excluding carboxylic acids is 1. The molecule has 2 aromatic carbocycles. The maximum atomic E-state index is 12.7. The normalized spacial score (nSPS) is 13.2. The number of rotatable bonds is 5. The molecule has 0 atom stereocenters. The molecule has 0 radical (unpaired) electrons. The smallest absolute Gasteiger partial charge is 0.341 e. The first-order chi connectivity index (χ1) is 15.2. The Balaban J connectivity index is 1.62. The van der Waals surface area contributed by atoms with Gasteiger partial charge in [0, 0.05) is 29.0 Å². The SMILES string of the molecule is COC(=O)c1cc(C2CC2)cnc1Nc1cccc2c1ccc(=O)n2-c1ccccc1. The maximum absolute atomic E-state index is 12.7. The van der Waals surface area contributed by atoms with Gasteiger partial charge in [-0.25, -0.2) is 9.78 Å². The van der Waals surface area contributed by atoms with Crippen LogP contribution in [-0.4, -0.2) is 22.6 Å². The quantitative estimate of drug-likeness (QED) is 0.478. The molecule has 6 nitrogen and oxygen atoms in total. The first-order valence-electron chi connectivity index (χ1n) is 10.2. The predicted octanol–water partition coefficient (Wildman–Crippen LogP) is 4.79. The summed E-state index contributed by atoms with van der Waals surface area (Å²) in [7, 11) is 1.37. The van der Waals surface area contributed by atoms with Crippen LogP contribution >= 0.6 is 0 Å². The van der Waals surface area contributed by atoms with Gasteiger partial charge < -0.3 is 10.1 Å². The van der Waals surface area contributed by atoms with Crippen molar-refractivity contribution < 1.29 is 9.53 Å². The molecule has 6 heteroatoms. The van der Waals surface area contributed by atoms with Crippen molar-refractivity contribution in [1.82, 2.24) is 9.55 Å². The predicted molar refractivity (Wildman–Crippen MR) is 120 cm³/mol. The molecule has 1 aliphatic rings. The molecule has 1 N–H and O–H groups in total. The number of carbonyl (C=O) groups is 1. The van der Waals surface area contributed by atoms with Gasteiger partial charge in [0.15, 0.2) is 0 Å². The Hall–Kier alpha value is -3.93. The fraction of sp³-hybridized carbons (Fsp3) is 0.160. The number of methoxy groups -OCH3 is 1. The lowest BCUT2D eigenvalue weighted by atomic mass is 10.1. The Morgan fingerprint density at radius 2 is 1.87 bits per heavy atom. The van der Waals surface area contributed by atoms with Crippen molar-refractivity contribution in [2.75, 3.05) is 12.4 Å². The Morgan fingerprint density at radius 3 is 2.61 bits per heavy atom. The molecule has 1 fully saturated rings. The van der Waals surface area contributed by atoms with Crippen molar-refractivity contribution in [2.24, 2.45) is 0 Å². The summed E-state index contributed by atoms with van der Waals surface area (Å²) in [5.41, 5.74) is 3.65. The molecule has 0 spiro atoms. The van der Waals surface area contributed by atoms with Crippen LogP contribution in [0.1, 0.15) is 34.7 Å². The van der Waals surface area contributed by atoms with E-state index in [0.717, 1.165) is 40.7 Å². The van der Waals surface area contributed by atoms with Crippen LogP contribution in [0.4, 0.5) is 11.5 Å². The summed E-state index contributed by atoms with van der Waals surface area (Å²) < 4.78 is 6.66. The van der Waals surface area contributed by atoms with Crippen molar-refractivity contribution in [3.05, 3.63) is 94.4 Å². The Morgan fingerprint density at radius 1 is 1.06 bits per heavy atom. The van der Waals surface area contributed by atoms with Gasteiger partial charge >= 0.3 is 5.97 Å². The highest BCUT2D eigenvalue weighted by Gasteiger charge is 2.26. The molecule has 0 amide bonds. The van der Waals surface area contributed by atoms with Gasteiger partial charge in [-0.3, -0.25) is 9.36 Å². The fourth-order valence-electron chi connectivity index (χ4n) is 3.84. The van der Waals surface area contributed by atoms with E-state index in [1.807, 2.05) is 60.8 Å². The summed E-state index contributed by atoms with van der Waals surface area (Å²) in [6.07, 6.45) is 4.06. The van der Waals surface area contributed by atoms with Crippen molar-refractivity contribution in [2.45, 2.75) is 18.8 Å². The summed E-state index contributed by atoms with van der Waals surface area (Å²) in [6.45, 7) is 0. The summed E-state index contributed by atoms with van der Waals surface area (Å²) in [4.78, 5) is 29.6. The zero-order chi connectivity index (χ0) is 21.4. The standard InChI is InChI=1S/C25H21N3O3/c1-31-25(30)20-14-17(16-10-11-16)15-26-24(20)27-21-8-5-9-22-19(21)12-13-23(29)28(22)18-6-3-2-4-7-18/h2-9,12-16H,10-11H2,1H3,(H,26,27). The zero-order valence-electron chi connectivity index (χ0n) is 17.0. The number of para-hydroxylation sites is 1. The molecular formula is C25H21N3O3. The molecule has 4 aromatic rings. The van der Waals surface area contributed by atoms with Crippen LogP contribution in [0.5, 0.6) is 0 Å².